The van der Waals surface area contributed by atoms with Crippen molar-refractivity contribution in [1.82, 2.24) is 0 Å². The van der Waals surface area contributed by atoms with Crippen LogP contribution in [-0.4, -0.2) is 31.2 Å². The number of benzene rings is 1. The Labute approximate surface area is 131 Å². The highest BCUT2D eigenvalue weighted by Crippen LogP contribution is 2.16. The predicted molar refractivity (Wildman–Crippen MR) is 82.3 cm³/mol. The highest BCUT2D eigenvalue weighted by Gasteiger charge is 2.28. The van der Waals surface area contributed by atoms with Crippen molar-refractivity contribution in [2.75, 3.05) is 18.5 Å². The Balaban J connectivity index is 1.85. The van der Waals surface area contributed by atoms with E-state index in [1.807, 2.05) is 12.1 Å². The van der Waals surface area contributed by atoms with Crippen molar-refractivity contribution in [3.63, 3.8) is 0 Å². The van der Waals surface area contributed by atoms with Gasteiger partial charge < -0.3 is 14.8 Å². The molecule has 2 rings (SSSR count). The number of rotatable bonds is 4. The van der Waals surface area contributed by atoms with Crippen LogP contribution in [0.2, 0.25) is 0 Å². The van der Waals surface area contributed by atoms with E-state index in [0.29, 0.717) is 25.3 Å². The number of esters is 1. The van der Waals surface area contributed by atoms with Crippen LogP contribution in [0, 0.1) is 9.49 Å². The molecule has 0 unspecified atom stereocenters. The molecule has 1 amide bonds. The van der Waals surface area contributed by atoms with Crippen LogP contribution in [0.3, 0.4) is 0 Å². The number of anilines is 1. The average molecular weight is 389 g/mol. The molecule has 0 bridgehead atoms. The minimum Gasteiger partial charge on any atom is -0.452 e. The van der Waals surface area contributed by atoms with Gasteiger partial charge in [0.1, 0.15) is 0 Å². The standard InChI is InChI=1S/C14H16INO4/c1-9(20-14(18)10-6-7-19-8-10)13(17)16-12-4-2-11(15)3-5-12/h2-5,9-10H,6-8H2,1H3,(H,16,17)/t9-,10+/m0/s1. The summed E-state index contributed by atoms with van der Waals surface area (Å²) in [5.41, 5.74) is 0.683. The second-order valence-corrected chi connectivity index (χ2v) is 5.88. The number of ether oxygens (including phenoxy) is 2. The number of amides is 1. The fourth-order valence-electron chi connectivity index (χ4n) is 1.82. The molecule has 0 aromatic heterocycles. The number of hydrogen-bond acceptors (Lipinski definition) is 4. The molecule has 1 saturated heterocycles. The van der Waals surface area contributed by atoms with Crippen molar-refractivity contribution in [1.29, 1.82) is 0 Å². The minimum absolute atomic E-state index is 0.247. The van der Waals surface area contributed by atoms with Gasteiger partial charge in [-0.25, -0.2) is 0 Å². The van der Waals surface area contributed by atoms with Crippen LogP contribution in [-0.2, 0) is 19.1 Å². The Bertz CT molecular complexity index is 482. The Morgan fingerprint density at radius 2 is 2.10 bits per heavy atom. The van der Waals surface area contributed by atoms with Crippen LogP contribution in [0.15, 0.2) is 24.3 Å². The number of nitrogens with one attached hydrogen (secondary N) is 1. The van der Waals surface area contributed by atoms with Crippen LogP contribution >= 0.6 is 22.6 Å². The van der Waals surface area contributed by atoms with Crippen molar-refractivity contribution in [3.05, 3.63) is 27.8 Å². The second-order valence-electron chi connectivity index (χ2n) is 4.64. The van der Waals surface area contributed by atoms with Gasteiger partial charge in [-0.1, -0.05) is 0 Å². The normalized spacial score (nSPS) is 19.4. The molecule has 0 spiro atoms. The Hall–Kier alpha value is -1.15. The van der Waals surface area contributed by atoms with E-state index in [9.17, 15) is 9.59 Å². The molecule has 6 heteroatoms. The van der Waals surface area contributed by atoms with Crippen molar-refractivity contribution >= 4 is 40.2 Å². The first kappa shape index (κ1) is 15.2. The van der Waals surface area contributed by atoms with E-state index in [1.54, 1.807) is 19.1 Å². The second kappa shape index (κ2) is 7.03. The number of carbonyl (C=O) groups is 2. The average Bonchev–Trinajstić information content (AvgIpc) is 2.95. The molecular formula is C14H16INO4. The molecule has 2 atom stereocenters. The third-order valence-electron chi connectivity index (χ3n) is 3.04. The van der Waals surface area contributed by atoms with E-state index in [2.05, 4.69) is 27.9 Å². The molecular weight excluding hydrogens is 373 g/mol. The zero-order valence-corrected chi connectivity index (χ0v) is 13.3. The van der Waals surface area contributed by atoms with Gasteiger partial charge in [0.05, 0.1) is 12.5 Å². The first-order chi connectivity index (χ1) is 9.56. The quantitative estimate of drug-likeness (QED) is 0.634. The van der Waals surface area contributed by atoms with E-state index in [4.69, 9.17) is 9.47 Å². The molecule has 108 valence electrons. The maximum absolute atomic E-state index is 11.9. The van der Waals surface area contributed by atoms with Crippen molar-refractivity contribution in [2.24, 2.45) is 5.92 Å². The Morgan fingerprint density at radius 1 is 1.40 bits per heavy atom. The van der Waals surface area contributed by atoms with Crippen LogP contribution in [0.5, 0.6) is 0 Å². The summed E-state index contributed by atoms with van der Waals surface area (Å²) in [4.78, 5) is 23.7. The number of hydrogen-bond donors (Lipinski definition) is 1. The predicted octanol–water partition coefficient (Wildman–Crippen LogP) is 2.20. The van der Waals surface area contributed by atoms with Gasteiger partial charge in [-0.05, 0) is 60.2 Å². The zero-order valence-electron chi connectivity index (χ0n) is 11.1. The lowest BCUT2D eigenvalue weighted by atomic mass is 10.1. The summed E-state index contributed by atoms with van der Waals surface area (Å²) in [7, 11) is 0. The maximum Gasteiger partial charge on any atom is 0.312 e. The van der Waals surface area contributed by atoms with Crippen LogP contribution < -0.4 is 5.32 Å². The molecule has 0 radical (unpaired) electrons. The molecule has 1 aliphatic rings. The molecule has 1 N–H and O–H groups in total. The zero-order chi connectivity index (χ0) is 14.5. The van der Waals surface area contributed by atoms with Gasteiger partial charge in [-0.15, -0.1) is 0 Å². The lowest BCUT2D eigenvalue weighted by Crippen LogP contribution is -2.32. The highest BCUT2D eigenvalue weighted by atomic mass is 127. The summed E-state index contributed by atoms with van der Waals surface area (Å²) in [5, 5.41) is 2.71. The van der Waals surface area contributed by atoms with Crippen LogP contribution in [0.1, 0.15) is 13.3 Å². The van der Waals surface area contributed by atoms with E-state index in [-0.39, 0.29) is 17.8 Å². The SMILES string of the molecule is C[C@H](OC(=O)[C@@H]1CCOC1)C(=O)Nc1ccc(I)cc1. The van der Waals surface area contributed by atoms with Crippen LogP contribution in [0.4, 0.5) is 5.69 Å². The molecule has 1 heterocycles. The van der Waals surface area contributed by atoms with Crippen molar-refractivity contribution in [3.8, 4) is 0 Å². The van der Waals surface area contributed by atoms with E-state index >= 15 is 0 Å². The van der Waals surface area contributed by atoms with Crippen molar-refractivity contribution < 1.29 is 19.1 Å². The van der Waals surface area contributed by atoms with Gasteiger partial charge in [0.2, 0.25) is 0 Å². The van der Waals surface area contributed by atoms with Gasteiger partial charge in [0.25, 0.3) is 5.91 Å². The van der Waals surface area contributed by atoms with Gasteiger partial charge in [0.15, 0.2) is 6.10 Å². The molecule has 0 saturated carbocycles. The minimum atomic E-state index is -0.817. The molecule has 5 nitrogen and oxygen atoms in total. The summed E-state index contributed by atoms with van der Waals surface area (Å²) in [6, 6.07) is 7.39. The lowest BCUT2D eigenvalue weighted by Gasteiger charge is -2.15. The molecule has 1 aliphatic heterocycles. The van der Waals surface area contributed by atoms with E-state index in [0.717, 1.165) is 3.57 Å². The topological polar surface area (TPSA) is 64.6 Å². The first-order valence-corrected chi connectivity index (χ1v) is 7.49. The number of carbonyl (C=O) groups excluding carboxylic acids is 2. The number of halogens is 1. The summed E-state index contributed by atoms with van der Waals surface area (Å²) < 4.78 is 11.4. The molecule has 1 aromatic rings. The smallest absolute Gasteiger partial charge is 0.312 e. The molecule has 1 aromatic carbocycles. The van der Waals surface area contributed by atoms with Gasteiger partial charge in [-0.2, -0.15) is 0 Å². The Kier molecular flexibility index (Phi) is 5.36. The van der Waals surface area contributed by atoms with Crippen molar-refractivity contribution in [2.45, 2.75) is 19.4 Å². The summed E-state index contributed by atoms with van der Waals surface area (Å²) >= 11 is 2.19. The van der Waals surface area contributed by atoms with E-state index < -0.39 is 6.10 Å². The fourth-order valence-corrected chi connectivity index (χ4v) is 2.18. The molecule has 1 fully saturated rings. The molecule has 20 heavy (non-hydrogen) atoms. The van der Waals surface area contributed by atoms with E-state index in [1.165, 1.54) is 0 Å². The van der Waals surface area contributed by atoms with Gasteiger partial charge in [0, 0.05) is 15.9 Å². The third kappa shape index (κ3) is 4.17. The summed E-state index contributed by atoms with van der Waals surface area (Å²) in [6.45, 7) is 2.52. The third-order valence-corrected chi connectivity index (χ3v) is 3.76. The largest absolute Gasteiger partial charge is 0.452 e. The summed E-state index contributed by atoms with van der Waals surface area (Å²) in [6.07, 6.45) is -0.160. The van der Waals surface area contributed by atoms with Gasteiger partial charge >= 0.3 is 5.97 Å². The fraction of sp³-hybridized carbons (Fsp3) is 0.429. The van der Waals surface area contributed by atoms with Crippen LogP contribution in [0.25, 0.3) is 0 Å². The van der Waals surface area contributed by atoms with Gasteiger partial charge in [-0.3, -0.25) is 9.59 Å². The maximum atomic E-state index is 11.9. The lowest BCUT2D eigenvalue weighted by molar-refractivity contribution is -0.157. The monoisotopic (exact) mass is 389 g/mol. The Morgan fingerprint density at radius 3 is 2.70 bits per heavy atom. The molecule has 0 aliphatic carbocycles. The highest BCUT2D eigenvalue weighted by molar-refractivity contribution is 14.1. The summed E-state index contributed by atoms with van der Waals surface area (Å²) in [5.74, 6) is -0.949. The first-order valence-electron chi connectivity index (χ1n) is 6.41.